The first-order valence-electron chi connectivity index (χ1n) is 7.53. The molecule has 2 N–H and O–H groups in total. The third-order valence-electron chi connectivity index (χ3n) is 3.48. The zero-order chi connectivity index (χ0) is 15.2. The van der Waals surface area contributed by atoms with Gasteiger partial charge in [0.2, 0.25) is 11.8 Å². The van der Waals surface area contributed by atoms with E-state index >= 15 is 0 Å². The topological polar surface area (TPSA) is 71.1 Å². The lowest BCUT2D eigenvalue weighted by molar-refractivity contribution is -0.130. The molecule has 0 saturated heterocycles. The fourth-order valence-corrected chi connectivity index (χ4v) is 2.15. The average molecular weight is 289 g/mol. The second kappa shape index (κ2) is 7.20. The highest BCUT2D eigenvalue weighted by atomic mass is 16.2. The number of carbonyl (C=O) groups is 2. The number of rotatable bonds is 7. The maximum Gasteiger partial charge on any atom is 0.242 e. The highest BCUT2D eigenvalue weighted by Gasteiger charge is 2.32. The Morgan fingerprint density at radius 3 is 2.71 bits per heavy atom. The molecule has 0 radical (unpaired) electrons. The van der Waals surface area contributed by atoms with E-state index < -0.39 is 6.04 Å². The summed E-state index contributed by atoms with van der Waals surface area (Å²) < 4.78 is 0. The van der Waals surface area contributed by atoms with E-state index in [9.17, 15) is 9.59 Å². The van der Waals surface area contributed by atoms with Crippen LogP contribution in [0.25, 0.3) is 0 Å². The normalized spacial score (nSPS) is 15.6. The van der Waals surface area contributed by atoms with Crippen LogP contribution in [0.1, 0.15) is 38.7 Å². The predicted molar refractivity (Wildman–Crippen MR) is 80.2 cm³/mol. The standard InChI is InChI=1S/C16H23N3O2/c1-11(2)8-14(19-15(20)13-5-6-13)16(21)18-10-12-4-3-7-17-9-12/h3-4,7,9,11,13-14H,5-6,8,10H2,1-2H3,(H,18,21)(H,19,20)/t14-/m1/s1. The fraction of sp³-hybridized carbons (Fsp3) is 0.562. The van der Waals surface area contributed by atoms with Crippen LogP contribution in [-0.4, -0.2) is 22.8 Å². The summed E-state index contributed by atoms with van der Waals surface area (Å²) in [6, 6.07) is 3.30. The second-order valence-electron chi connectivity index (χ2n) is 6.04. The minimum atomic E-state index is -0.449. The Morgan fingerprint density at radius 2 is 2.14 bits per heavy atom. The Kier molecular flexibility index (Phi) is 5.31. The number of nitrogens with one attached hydrogen (secondary N) is 2. The van der Waals surface area contributed by atoms with Gasteiger partial charge in [-0.15, -0.1) is 0 Å². The van der Waals surface area contributed by atoms with E-state index in [1.807, 2.05) is 26.0 Å². The van der Waals surface area contributed by atoms with E-state index in [1.54, 1.807) is 12.4 Å². The molecule has 1 fully saturated rings. The predicted octanol–water partition coefficient (Wildman–Crippen LogP) is 1.64. The van der Waals surface area contributed by atoms with Gasteiger partial charge in [-0.05, 0) is 36.8 Å². The molecule has 1 heterocycles. The molecule has 2 amide bonds. The van der Waals surface area contributed by atoms with Crippen LogP contribution < -0.4 is 10.6 Å². The van der Waals surface area contributed by atoms with Crippen LogP contribution in [-0.2, 0) is 16.1 Å². The largest absolute Gasteiger partial charge is 0.350 e. The monoisotopic (exact) mass is 289 g/mol. The molecular formula is C16H23N3O2. The van der Waals surface area contributed by atoms with E-state index in [0.717, 1.165) is 18.4 Å². The molecule has 5 heteroatoms. The summed E-state index contributed by atoms with van der Waals surface area (Å²) in [6.45, 7) is 4.52. The lowest BCUT2D eigenvalue weighted by Gasteiger charge is -2.20. The van der Waals surface area contributed by atoms with Crippen LogP contribution in [0.3, 0.4) is 0 Å². The first kappa shape index (κ1) is 15.5. The molecule has 0 bridgehead atoms. The van der Waals surface area contributed by atoms with Gasteiger partial charge in [0.25, 0.3) is 0 Å². The number of amides is 2. The van der Waals surface area contributed by atoms with Crippen LogP contribution in [0.2, 0.25) is 0 Å². The summed E-state index contributed by atoms with van der Waals surface area (Å²) in [5, 5.41) is 5.76. The van der Waals surface area contributed by atoms with E-state index in [0.29, 0.717) is 18.9 Å². The van der Waals surface area contributed by atoms with Crippen molar-refractivity contribution in [3.8, 4) is 0 Å². The first-order chi connectivity index (χ1) is 10.1. The zero-order valence-corrected chi connectivity index (χ0v) is 12.6. The summed E-state index contributed by atoms with van der Waals surface area (Å²) in [4.78, 5) is 28.2. The summed E-state index contributed by atoms with van der Waals surface area (Å²) in [5.41, 5.74) is 0.947. The van der Waals surface area contributed by atoms with Crippen LogP contribution in [0, 0.1) is 11.8 Å². The van der Waals surface area contributed by atoms with E-state index in [1.165, 1.54) is 0 Å². The van der Waals surface area contributed by atoms with Crippen molar-refractivity contribution in [3.05, 3.63) is 30.1 Å². The second-order valence-corrected chi connectivity index (χ2v) is 6.04. The molecule has 21 heavy (non-hydrogen) atoms. The molecule has 1 saturated carbocycles. The van der Waals surface area contributed by atoms with Gasteiger partial charge in [0.15, 0.2) is 0 Å². The van der Waals surface area contributed by atoms with Gasteiger partial charge < -0.3 is 10.6 Å². The minimum Gasteiger partial charge on any atom is -0.350 e. The Hall–Kier alpha value is -1.91. The molecule has 0 spiro atoms. The fourth-order valence-electron chi connectivity index (χ4n) is 2.15. The van der Waals surface area contributed by atoms with Gasteiger partial charge >= 0.3 is 0 Å². The van der Waals surface area contributed by atoms with E-state index in [-0.39, 0.29) is 17.7 Å². The van der Waals surface area contributed by atoms with Gasteiger partial charge in [0.05, 0.1) is 0 Å². The molecule has 2 rings (SSSR count). The first-order valence-corrected chi connectivity index (χ1v) is 7.53. The van der Waals surface area contributed by atoms with E-state index in [2.05, 4.69) is 15.6 Å². The van der Waals surface area contributed by atoms with Gasteiger partial charge in [0.1, 0.15) is 6.04 Å². The quantitative estimate of drug-likeness (QED) is 0.801. The number of carbonyl (C=O) groups excluding carboxylic acids is 2. The van der Waals surface area contributed by atoms with Crippen molar-refractivity contribution in [2.24, 2.45) is 11.8 Å². The summed E-state index contributed by atoms with van der Waals surface area (Å²) in [5.74, 6) is 0.350. The number of aromatic nitrogens is 1. The van der Waals surface area contributed by atoms with Crippen LogP contribution in [0.4, 0.5) is 0 Å². The highest BCUT2D eigenvalue weighted by Crippen LogP contribution is 2.29. The molecule has 0 unspecified atom stereocenters. The Bertz CT molecular complexity index is 484. The SMILES string of the molecule is CC(C)C[C@@H](NC(=O)C1CC1)C(=O)NCc1cccnc1. The summed E-state index contributed by atoms with van der Waals surface area (Å²) in [6.07, 6.45) is 5.95. The highest BCUT2D eigenvalue weighted by molar-refractivity contribution is 5.89. The maximum atomic E-state index is 12.3. The Labute approximate surface area is 125 Å². The third-order valence-corrected chi connectivity index (χ3v) is 3.48. The molecular weight excluding hydrogens is 266 g/mol. The smallest absolute Gasteiger partial charge is 0.242 e. The molecule has 1 aromatic rings. The van der Waals surface area contributed by atoms with Crippen molar-refractivity contribution < 1.29 is 9.59 Å². The van der Waals surface area contributed by atoms with E-state index in [4.69, 9.17) is 0 Å². The zero-order valence-electron chi connectivity index (χ0n) is 12.6. The lowest BCUT2D eigenvalue weighted by Crippen LogP contribution is -2.47. The van der Waals surface area contributed by atoms with Crippen molar-refractivity contribution in [3.63, 3.8) is 0 Å². The molecule has 0 aliphatic heterocycles. The molecule has 1 aromatic heterocycles. The lowest BCUT2D eigenvalue weighted by atomic mass is 10.0. The maximum absolute atomic E-state index is 12.3. The van der Waals surface area contributed by atoms with Crippen molar-refractivity contribution in [2.45, 2.75) is 45.7 Å². The number of nitrogens with zero attached hydrogens (tertiary/aromatic N) is 1. The van der Waals surface area contributed by atoms with Gasteiger partial charge in [-0.2, -0.15) is 0 Å². The van der Waals surface area contributed by atoms with Crippen molar-refractivity contribution >= 4 is 11.8 Å². The summed E-state index contributed by atoms with van der Waals surface area (Å²) >= 11 is 0. The third kappa shape index (κ3) is 5.17. The minimum absolute atomic E-state index is 0.0113. The molecule has 1 aliphatic carbocycles. The van der Waals surface area contributed by atoms with Gasteiger partial charge in [-0.1, -0.05) is 19.9 Å². The number of pyridine rings is 1. The van der Waals surface area contributed by atoms with Crippen LogP contribution in [0.5, 0.6) is 0 Å². The molecule has 114 valence electrons. The Balaban J connectivity index is 1.88. The number of hydrogen-bond donors (Lipinski definition) is 2. The molecule has 5 nitrogen and oxygen atoms in total. The molecule has 1 aliphatic rings. The molecule has 0 aromatic carbocycles. The number of hydrogen-bond acceptors (Lipinski definition) is 3. The molecule has 1 atom stereocenters. The summed E-state index contributed by atoms with van der Waals surface area (Å²) in [7, 11) is 0. The van der Waals surface area contributed by atoms with Gasteiger partial charge in [-0.25, -0.2) is 0 Å². The van der Waals surface area contributed by atoms with Crippen LogP contribution in [0.15, 0.2) is 24.5 Å². The average Bonchev–Trinajstić information content (AvgIpc) is 3.29. The van der Waals surface area contributed by atoms with Gasteiger partial charge in [0, 0.05) is 24.9 Å². The van der Waals surface area contributed by atoms with Crippen LogP contribution >= 0.6 is 0 Å². The Morgan fingerprint density at radius 1 is 1.38 bits per heavy atom. The van der Waals surface area contributed by atoms with Crippen molar-refractivity contribution in [2.75, 3.05) is 0 Å². The van der Waals surface area contributed by atoms with Crippen molar-refractivity contribution in [1.29, 1.82) is 0 Å². The van der Waals surface area contributed by atoms with Gasteiger partial charge in [-0.3, -0.25) is 14.6 Å². The van der Waals surface area contributed by atoms with Crippen molar-refractivity contribution in [1.82, 2.24) is 15.6 Å².